The van der Waals surface area contributed by atoms with Crippen molar-refractivity contribution in [1.82, 2.24) is 5.32 Å². The molecule has 1 atom stereocenters. The molecule has 2 aromatic rings. The number of hydrogen-bond acceptors (Lipinski definition) is 3. The molecule has 2 rings (SSSR count). The van der Waals surface area contributed by atoms with Gasteiger partial charge in [0.05, 0.1) is 12.5 Å². The summed E-state index contributed by atoms with van der Waals surface area (Å²) in [5.74, 6) is -0.554. The van der Waals surface area contributed by atoms with Crippen molar-refractivity contribution in [2.24, 2.45) is 5.73 Å². The summed E-state index contributed by atoms with van der Waals surface area (Å²) in [6.07, 6.45) is -0.0585. The van der Waals surface area contributed by atoms with Gasteiger partial charge in [-0.2, -0.15) is 0 Å². The molecule has 136 valence electrons. The topological polar surface area (TPSA) is 113 Å². The molecule has 0 bridgehead atoms. The number of anilines is 2. The summed E-state index contributed by atoms with van der Waals surface area (Å²) in [4.78, 5) is 34.8. The Kier molecular flexibility index (Phi) is 6.57. The maximum atomic E-state index is 12.4. The van der Waals surface area contributed by atoms with Crippen LogP contribution in [0.25, 0.3) is 0 Å². The molecule has 0 aliphatic heterocycles. The molecule has 8 heteroatoms. The number of carbonyl (C=O) groups excluding carboxylic acids is 3. The van der Waals surface area contributed by atoms with E-state index in [2.05, 4.69) is 16.0 Å². The maximum absolute atomic E-state index is 12.4. The van der Waals surface area contributed by atoms with Gasteiger partial charge in [-0.1, -0.05) is 35.9 Å². The zero-order valence-electron chi connectivity index (χ0n) is 14.1. The van der Waals surface area contributed by atoms with Gasteiger partial charge in [-0.3, -0.25) is 9.59 Å². The van der Waals surface area contributed by atoms with Crippen molar-refractivity contribution < 1.29 is 14.4 Å². The molecule has 0 aliphatic rings. The summed E-state index contributed by atoms with van der Waals surface area (Å²) in [6, 6.07) is 12.2. The predicted molar refractivity (Wildman–Crippen MR) is 101 cm³/mol. The van der Waals surface area contributed by atoms with Crippen LogP contribution in [0.1, 0.15) is 24.9 Å². The van der Waals surface area contributed by atoms with E-state index in [0.717, 1.165) is 0 Å². The molecule has 4 amide bonds. The number of hydrogen-bond donors (Lipinski definition) is 4. The fourth-order valence-corrected chi connectivity index (χ4v) is 2.71. The number of urea groups is 1. The van der Waals surface area contributed by atoms with E-state index in [0.29, 0.717) is 22.0 Å². The first kappa shape index (κ1) is 19.3. The lowest BCUT2D eigenvalue weighted by Gasteiger charge is -2.19. The molecule has 26 heavy (non-hydrogen) atoms. The highest BCUT2D eigenvalue weighted by molar-refractivity contribution is 6.31. The second kappa shape index (κ2) is 8.87. The molecule has 5 N–H and O–H groups in total. The van der Waals surface area contributed by atoms with Gasteiger partial charge in [0, 0.05) is 23.3 Å². The zero-order valence-corrected chi connectivity index (χ0v) is 14.8. The maximum Gasteiger partial charge on any atom is 0.312 e. The van der Waals surface area contributed by atoms with Gasteiger partial charge in [-0.15, -0.1) is 0 Å². The second-order valence-corrected chi connectivity index (χ2v) is 6.00. The highest BCUT2D eigenvalue weighted by Crippen LogP contribution is 2.25. The van der Waals surface area contributed by atoms with Crippen molar-refractivity contribution in [2.75, 3.05) is 10.6 Å². The quantitative estimate of drug-likeness (QED) is 0.623. The van der Waals surface area contributed by atoms with E-state index in [1.54, 1.807) is 48.5 Å². The highest BCUT2D eigenvalue weighted by atomic mass is 35.5. The summed E-state index contributed by atoms with van der Waals surface area (Å²) in [5, 5.41) is 8.31. The number of benzene rings is 2. The Morgan fingerprint density at radius 3 is 2.31 bits per heavy atom. The second-order valence-electron chi connectivity index (χ2n) is 5.60. The Morgan fingerprint density at radius 2 is 1.69 bits per heavy atom. The molecule has 0 heterocycles. The van der Waals surface area contributed by atoms with E-state index in [1.165, 1.54) is 6.92 Å². The molecule has 0 unspecified atom stereocenters. The summed E-state index contributed by atoms with van der Waals surface area (Å²) in [6.45, 7) is 1.40. The van der Waals surface area contributed by atoms with E-state index >= 15 is 0 Å². The van der Waals surface area contributed by atoms with Crippen molar-refractivity contribution in [3.8, 4) is 0 Å². The van der Waals surface area contributed by atoms with E-state index in [-0.39, 0.29) is 18.2 Å². The van der Waals surface area contributed by atoms with Gasteiger partial charge in [-0.05, 0) is 29.8 Å². The van der Waals surface area contributed by atoms with Gasteiger partial charge in [0.1, 0.15) is 0 Å². The van der Waals surface area contributed by atoms with Gasteiger partial charge in [-0.25, -0.2) is 4.79 Å². The number of halogens is 1. The molecular formula is C18H19ClN4O3. The number of carbonyl (C=O) groups is 3. The number of amides is 4. The van der Waals surface area contributed by atoms with Gasteiger partial charge >= 0.3 is 6.03 Å². The van der Waals surface area contributed by atoms with Crippen LogP contribution in [0.15, 0.2) is 48.5 Å². The van der Waals surface area contributed by atoms with Crippen LogP contribution in [0, 0.1) is 0 Å². The monoisotopic (exact) mass is 374 g/mol. The van der Waals surface area contributed by atoms with Gasteiger partial charge in [0.15, 0.2) is 0 Å². The molecule has 0 fully saturated rings. The number of rotatable bonds is 6. The average Bonchev–Trinajstić information content (AvgIpc) is 2.54. The van der Waals surface area contributed by atoms with Gasteiger partial charge in [0.2, 0.25) is 11.8 Å². The molecule has 0 saturated carbocycles. The van der Waals surface area contributed by atoms with E-state index in [9.17, 15) is 14.4 Å². The molecule has 0 spiro atoms. The fraction of sp³-hybridized carbons (Fsp3) is 0.167. The lowest BCUT2D eigenvalue weighted by molar-refractivity contribution is -0.116. The van der Waals surface area contributed by atoms with Crippen LogP contribution < -0.4 is 21.7 Å². The fourth-order valence-electron chi connectivity index (χ4n) is 2.44. The van der Waals surface area contributed by atoms with Crippen LogP contribution >= 0.6 is 11.6 Å². The molecule has 0 aliphatic carbocycles. The number of nitrogens with two attached hydrogens (primary N) is 1. The summed E-state index contributed by atoms with van der Waals surface area (Å²) in [5.41, 5.74) is 6.88. The third kappa shape index (κ3) is 5.78. The van der Waals surface area contributed by atoms with Gasteiger partial charge in [0.25, 0.3) is 0 Å². The minimum Gasteiger partial charge on any atom is -0.352 e. The summed E-state index contributed by atoms with van der Waals surface area (Å²) in [7, 11) is 0. The normalized spacial score (nSPS) is 11.3. The largest absolute Gasteiger partial charge is 0.352 e. The van der Waals surface area contributed by atoms with Crippen LogP contribution in [-0.2, 0) is 9.59 Å². The van der Waals surface area contributed by atoms with Crippen LogP contribution in [0.3, 0.4) is 0 Å². The Hall–Kier alpha value is -3.06. The number of nitrogens with one attached hydrogen (secondary N) is 3. The average molecular weight is 375 g/mol. The van der Waals surface area contributed by atoms with E-state index in [1.807, 2.05) is 0 Å². The van der Waals surface area contributed by atoms with Gasteiger partial charge < -0.3 is 21.7 Å². The first-order valence-electron chi connectivity index (χ1n) is 7.83. The zero-order chi connectivity index (χ0) is 19.1. The third-order valence-corrected chi connectivity index (χ3v) is 3.80. The van der Waals surface area contributed by atoms with Crippen LogP contribution in [0.2, 0.25) is 5.02 Å². The standard InChI is InChI=1S/C18H19ClN4O3/c1-11(24)21-12-5-4-6-13(9-12)22-17(25)10-16(23-18(20)26)14-7-2-3-8-15(14)19/h2-9,16H,10H2,1H3,(H,21,24)(H,22,25)(H3,20,23,26)/t16-/m1/s1. The summed E-state index contributed by atoms with van der Waals surface area (Å²) >= 11 is 6.15. The van der Waals surface area contributed by atoms with Crippen LogP contribution in [-0.4, -0.2) is 17.8 Å². The molecular weight excluding hydrogens is 356 g/mol. The Bertz CT molecular complexity index is 826. The van der Waals surface area contributed by atoms with E-state index < -0.39 is 12.1 Å². The Labute approximate surface area is 155 Å². The predicted octanol–water partition coefficient (Wildman–Crippen LogP) is 3.04. The minimum absolute atomic E-state index is 0.0585. The lowest BCUT2D eigenvalue weighted by Crippen LogP contribution is -2.35. The first-order valence-corrected chi connectivity index (χ1v) is 8.21. The minimum atomic E-state index is -0.754. The van der Waals surface area contributed by atoms with Crippen LogP contribution in [0.4, 0.5) is 16.2 Å². The highest BCUT2D eigenvalue weighted by Gasteiger charge is 2.19. The van der Waals surface area contributed by atoms with Crippen LogP contribution in [0.5, 0.6) is 0 Å². The van der Waals surface area contributed by atoms with Crippen molar-refractivity contribution in [3.63, 3.8) is 0 Å². The lowest BCUT2D eigenvalue weighted by atomic mass is 10.0. The van der Waals surface area contributed by atoms with E-state index in [4.69, 9.17) is 17.3 Å². The Balaban J connectivity index is 2.11. The molecule has 0 saturated heterocycles. The Morgan fingerprint density at radius 1 is 1.04 bits per heavy atom. The molecule has 0 radical (unpaired) electrons. The van der Waals surface area contributed by atoms with Crippen molar-refractivity contribution in [1.29, 1.82) is 0 Å². The third-order valence-electron chi connectivity index (χ3n) is 3.45. The smallest absolute Gasteiger partial charge is 0.312 e. The summed E-state index contributed by atoms with van der Waals surface area (Å²) < 4.78 is 0. The first-order chi connectivity index (χ1) is 12.3. The molecule has 7 nitrogen and oxygen atoms in total. The van der Waals surface area contributed by atoms with Crippen molar-refractivity contribution >= 4 is 40.8 Å². The SMILES string of the molecule is CC(=O)Nc1cccc(NC(=O)C[C@@H](NC(N)=O)c2ccccc2Cl)c1. The van der Waals surface area contributed by atoms with Crippen molar-refractivity contribution in [3.05, 3.63) is 59.1 Å². The molecule has 0 aromatic heterocycles. The number of primary amides is 1. The van der Waals surface area contributed by atoms with Crippen molar-refractivity contribution in [2.45, 2.75) is 19.4 Å². The molecule has 2 aromatic carbocycles.